The molecule has 9 nitrogen and oxygen atoms in total. The molecule has 1 saturated heterocycles. The minimum absolute atomic E-state index is 0.0406. The lowest BCUT2D eigenvalue weighted by molar-refractivity contribution is 0.0714. The average Bonchev–Trinajstić information content (AvgIpc) is 3.42. The van der Waals surface area contributed by atoms with E-state index in [9.17, 15) is 9.59 Å². The first-order valence-corrected chi connectivity index (χ1v) is 10.9. The summed E-state index contributed by atoms with van der Waals surface area (Å²) in [6.45, 7) is 1.45. The summed E-state index contributed by atoms with van der Waals surface area (Å²) < 4.78 is 8.56. The summed E-state index contributed by atoms with van der Waals surface area (Å²) in [7, 11) is 1.68. The fraction of sp³-hybridized carbons (Fsp3) is 0.333. The molecule has 168 valence electrons. The largest absolute Gasteiger partial charge is 0.470 e. The van der Waals surface area contributed by atoms with Gasteiger partial charge in [0.05, 0.1) is 16.9 Å². The van der Waals surface area contributed by atoms with Gasteiger partial charge in [-0.3, -0.25) is 14.3 Å². The molecule has 1 aliphatic heterocycles. The summed E-state index contributed by atoms with van der Waals surface area (Å²) >= 11 is 12.1. The van der Waals surface area contributed by atoms with Crippen LogP contribution in [0.3, 0.4) is 0 Å². The third-order valence-corrected chi connectivity index (χ3v) is 5.98. The third-order valence-electron chi connectivity index (χ3n) is 5.17. The molecule has 0 atom stereocenters. The molecule has 32 heavy (non-hydrogen) atoms. The maximum atomic E-state index is 13.0. The molecule has 11 heteroatoms. The molecule has 1 aliphatic rings. The van der Waals surface area contributed by atoms with Gasteiger partial charge in [0.15, 0.2) is 12.4 Å². The van der Waals surface area contributed by atoms with Crippen molar-refractivity contribution in [2.45, 2.75) is 26.0 Å². The van der Waals surface area contributed by atoms with Crippen molar-refractivity contribution >= 4 is 40.7 Å². The number of benzene rings is 1. The molecule has 0 radical (unpaired) electrons. The molecular formula is C21H22Cl2N6O3. The highest BCUT2D eigenvalue weighted by molar-refractivity contribution is 6.42. The normalized spacial score (nSPS) is 13.8. The number of carbonyl (C=O) groups excluding carboxylic acids is 2. The molecule has 1 N–H and O–H groups in total. The number of nitrogens with one attached hydrogen (secondary N) is 1. The second-order valence-electron chi connectivity index (χ2n) is 7.40. The van der Waals surface area contributed by atoms with Crippen molar-refractivity contribution in [3.63, 3.8) is 0 Å². The number of aromatic nitrogens is 4. The topological polar surface area (TPSA) is 94.3 Å². The zero-order valence-electron chi connectivity index (χ0n) is 17.4. The molecule has 0 aliphatic carbocycles. The lowest BCUT2D eigenvalue weighted by atomic mass is 10.1. The second kappa shape index (κ2) is 9.62. The van der Waals surface area contributed by atoms with Gasteiger partial charge in [-0.15, -0.1) is 0 Å². The first-order chi connectivity index (χ1) is 15.4. The fourth-order valence-electron chi connectivity index (χ4n) is 3.50. The maximum absolute atomic E-state index is 13.0. The molecular weight excluding hydrogens is 455 g/mol. The van der Waals surface area contributed by atoms with Crippen molar-refractivity contribution in [2.75, 3.05) is 18.4 Å². The summed E-state index contributed by atoms with van der Waals surface area (Å²) in [5, 5.41) is 11.8. The van der Waals surface area contributed by atoms with Crippen LogP contribution >= 0.6 is 23.2 Å². The highest BCUT2D eigenvalue weighted by Crippen LogP contribution is 2.31. The molecule has 2 aromatic heterocycles. The van der Waals surface area contributed by atoms with Crippen LogP contribution in [0.1, 0.15) is 40.2 Å². The SMILES string of the molecule is Cn1ncc(NC(=O)c2ccn(COc3cccc(Cl)c3Cl)n2)c1C(=O)N1CCCCC1. The van der Waals surface area contributed by atoms with Gasteiger partial charge in [-0.25, -0.2) is 4.68 Å². The first kappa shape index (κ1) is 22.2. The van der Waals surface area contributed by atoms with Crippen LogP contribution in [0, 0.1) is 0 Å². The average molecular weight is 477 g/mol. The van der Waals surface area contributed by atoms with Gasteiger partial charge in [0, 0.05) is 26.3 Å². The number of rotatable bonds is 6. The van der Waals surface area contributed by atoms with Crippen molar-refractivity contribution in [2.24, 2.45) is 7.05 Å². The summed E-state index contributed by atoms with van der Waals surface area (Å²) in [5.74, 6) is -0.181. The first-order valence-electron chi connectivity index (χ1n) is 10.2. The van der Waals surface area contributed by atoms with E-state index >= 15 is 0 Å². The minimum Gasteiger partial charge on any atom is -0.470 e. The van der Waals surface area contributed by atoms with Crippen LogP contribution in [0.2, 0.25) is 10.0 Å². The van der Waals surface area contributed by atoms with E-state index in [2.05, 4.69) is 15.5 Å². The van der Waals surface area contributed by atoms with E-state index in [0.29, 0.717) is 40.3 Å². The monoisotopic (exact) mass is 476 g/mol. The summed E-state index contributed by atoms with van der Waals surface area (Å²) in [4.78, 5) is 27.5. The molecule has 0 bridgehead atoms. The summed E-state index contributed by atoms with van der Waals surface area (Å²) in [6.07, 6.45) is 6.15. The van der Waals surface area contributed by atoms with Crippen molar-refractivity contribution in [1.82, 2.24) is 24.5 Å². The van der Waals surface area contributed by atoms with Crippen molar-refractivity contribution in [1.29, 1.82) is 0 Å². The molecule has 4 rings (SSSR count). The minimum atomic E-state index is -0.453. The van der Waals surface area contributed by atoms with Crippen LogP contribution in [0.15, 0.2) is 36.7 Å². The number of piperidine rings is 1. The highest BCUT2D eigenvalue weighted by Gasteiger charge is 2.25. The fourth-order valence-corrected chi connectivity index (χ4v) is 3.85. The number of hydrogen-bond acceptors (Lipinski definition) is 5. The molecule has 3 aromatic rings. The number of hydrogen-bond donors (Lipinski definition) is 1. The number of carbonyl (C=O) groups is 2. The number of nitrogens with zero attached hydrogens (tertiary/aromatic N) is 5. The number of amides is 2. The maximum Gasteiger partial charge on any atom is 0.276 e. The van der Waals surface area contributed by atoms with E-state index < -0.39 is 5.91 Å². The Morgan fingerprint density at radius 2 is 1.94 bits per heavy atom. The van der Waals surface area contributed by atoms with Gasteiger partial charge in [0.2, 0.25) is 0 Å². The van der Waals surface area contributed by atoms with E-state index in [1.54, 1.807) is 42.4 Å². The quantitative estimate of drug-likeness (QED) is 0.583. The van der Waals surface area contributed by atoms with E-state index in [4.69, 9.17) is 27.9 Å². The second-order valence-corrected chi connectivity index (χ2v) is 8.19. The lowest BCUT2D eigenvalue weighted by Gasteiger charge is -2.27. The van der Waals surface area contributed by atoms with Gasteiger partial charge < -0.3 is 15.0 Å². The van der Waals surface area contributed by atoms with Crippen LogP contribution in [-0.2, 0) is 13.8 Å². The van der Waals surface area contributed by atoms with Crippen molar-refractivity contribution in [3.8, 4) is 5.75 Å². The Kier molecular flexibility index (Phi) is 6.66. The number of ether oxygens (including phenoxy) is 1. The number of aryl methyl sites for hydroxylation is 1. The van der Waals surface area contributed by atoms with Gasteiger partial charge in [0.1, 0.15) is 16.5 Å². The Morgan fingerprint density at radius 3 is 2.72 bits per heavy atom. The van der Waals surface area contributed by atoms with E-state index in [1.165, 1.54) is 15.6 Å². The van der Waals surface area contributed by atoms with Gasteiger partial charge in [-0.05, 0) is 37.5 Å². The molecule has 3 heterocycles. The molecule has 0 spiro atoms. The van der Waals surface area contributed by atoms with Crippen molar-refractivity contribution < 1.29 is 14.3 Å². The van der Waals surface area contributed by atoms with E-state index in [0.717, 1.165) is 19.3 Å². The van der Waals surface area contributed by atoms with Crippen LogP contribution in [0.4, 0.5) is 5.69 Å². The molecule has 0 saturated carbocycles. The zero-order valence-corrected chi connectivity index (χ0v) is 18.9. The van der Waals surface area contributed by atoms with Crippen LogP contribution in [-0.4, -0.2) is 49.4 Å². The zero-order chi connectivity index (χ0) is 22.7. The third kappa shape index (κ3) is 4.73. The van der Waals surface area contributed by atoms with Crippen molar-refractivity contribution in [3.05, 3.63) is 58.1 Å². The van der Waals surface area contributed by atoms with Gasteiger partial charge >= 0.3 is 0 Å². The number of halogens is 2. The lowest BCUT2D eigenvalue weighted by Crippen LogP contribution is -2.37. The van der Waals surface area contributed by atoms with Gasteiger partial charge in [0.25, 0.3) is 11.8 Å². The van der Waals surface area contributed by atoms with Gasteiger partial charge in [-0.2, -0.15) is 10.2 Å². The predicted octanol–water partition coefficient (Wildman–Crippen LogP) is 3.84. The predicted molar refractivity (Wildman–Crippen MR) is 120 cm³/mol. The molecule has 0 unspecified atom stereocenters. The molecule has 1 aromatic carbocycles. The van der Waals surface area contributed by atoms with E-state index in [-0.39, 0.29) is 18.3 Å². The number of likely N-dealkylation sites (tertiary alicyclic amines) is 1. The standard InChI is InChI=1S/C21H22Cl2N6O3/c1-27-19(21(31)28-9-3-2-4-10-28)16(12-24-27)25-20(30)15-8-11-29(26-15)13-32-17-7-5-6-14(22)18(17)23/h5-8,11-12H,2-4,9-10,13H2,1H3,(H,25,30). The Bertz CT molecular complexity index is 1140. The van der Waals surface area contributed by atoms with Crippen LogP contribution < -0.4 is 10.1 Å². The Labute approximate surface area is 194 Å². The Hall–Kier alpha value is -3.04. The summed E-state index contributed by atoms with van der Waals surface area (Å²) in [5.41, 5.74) is 0.870. The van der Waals surface area contributed by atoms with Gasteiger partial charge in [-0.1, -0.05) is 29.3 Å². The Morgan fingerprint density at radius 1 is 1.16 bits per heavy atom. The molecule has 2 amide bonds. The summed E-state index contributed by atoms with van der Waals surface area (Å²) in [6, 6.07) is 6.63. The Balaban J connectivity index is 1.42. The van der Waals surface area contributed by atoms with E-state index in [1.807, 2.05) is 0 Å². The molecule has 1 fully saturated rings. The van der Waals surface area contributed by atoms with Crippen LogP contribution in [0.25, 0.3) is 0 Å². The number of anilines is 1. The van der Waals surface area contributed by atoms with Crippen LogP contribution in [0.5, 0.6) is 5.75 Å². The highest BCUT2D eigenvalue weighted by atomic mass is 35.5. The smallest absolute Gasteiger partial charge is 0.276 e.